The van der Waals surface area contributed by atoms with E-state index < -0.39 is 23.4 Å². The lowest BCUT2D eigenvalue weighted by atomic mass is 10.1. The number of rotatable bonds is 2. The van der Waals surface area contributed by atoms with Crippen LogP contribution in [0.4, 0.5) is 17.6 Å². The van der Waals surface area contributed by atoms with Gasteiger partial charge in [-0.2, -0.15) is 18.3 Å². The van der Waals surface area contributed by atoms with E-state index in [2.05, 4.69) is 5.10 Å². The Bertz CT molecular complexity index is 630. The Morgan fingerprint density at radius 1 is 1.32 bits per heavy atom. The fraction of sp³-hybridized carbons (Fsp3) is 0.0909. The lowest BCUT2D eigenvalue weighted by Gasteiger charge is -2.08. The molecule has 100 valence electrons. The third-order valence-electron chi connectivity index (χ3n) is 2.41. The number of nitrogens with one attached hydrogen (secondary N) is 1. The molecule has 3 N–H and O–H groups in total. The van der Waals surface area contributed by atoms with Crippen molar-refractivity contribution in [3.63, 3.8) is 0 Å². The maximum absolute atomic E-state index is 13.1. The van der Waals surface area contributed by atoms with Gasteiger partial charge >= 0.3 is 6.18 Å². The Labute approximate surface area is 105 Å². The minimum Gasteiger partial charge on any atom is -0.384 e. The number of nitrogens with two attached hydrogens (primary N) is 1. The number of halogens is 4. The molecule has 0 amide bonds. The summed E-state index contributed by atoms with van der Waals surface area (Å²) in [7, 11) is 0. The number of amidine groups is 1. The molecular formula is C11H8F4N4. The molecule has 0 saturated carbocycles. The van der Waals surface area contributed by atoms with E-state index in [-0.39, 0.29) is 11.3 Å². The highest BCUT2D eigenvalue weighted by Crippen LogP contribution is 2.29. The molecular weight excluding hydrogens is 264 g/mol. The van der Waals surface area contributed by atoms with Crippen LogP contribution in [0.3, 0.4) is 0 Å². The third-order valence-corrected chi connectivity index (χ3v) is 2.41. The standard InChI is InChI=1S/C11H8F4N4/c12-7-1-2-9(8(3-7)10(16)17)19-5-6(4-18-19)11(13,14)15/h1-5H,(H3,16,17). The third kappa shape index (κ3) is 2.56. The van der Waals surface area contributed by atoms with Crippen molar-refractivity contribution in [1.82, 2.24) is 9.78 Å². The predicted octanol–water partition coefficient (Wildman–Crippen LogP) is 2.31. The lowest BCUT2D eigenvalue weighted by Crippen LogP contribution is -2.15. The summed E-state index contributed by atoms with van der Waals surface area (Å²) in [6, 6.07) is 3.22. The van der Waals surface area contributed by atoms with Crippen molar-refractivity contribution in [2.24, 2.45) is 5.73 Å². The van der Waals surface area contributed by atoms with Crippen LogP contribution in [0.2, 0.25) is 0 Å². The summed E-state index contributed by atoms with van der Waals surface area (Å²) in [6.45, 7) is 0. The topological polar surface area (TPSA) is 67.7 Å². The smallest absolute Gasteiger partial charge is 0.384 e. The van der Waals surface area contributed by atoms with E-state index in [0.717, 1.165) is 23.0 Å². The minimum absolute atomic E-state index is 0.0307. The number of nitrogen functional groups attached to an aromatic ring is 1. The van der Waals surface area contributed by atoms with Gasteiger partial charge in [-0.1, -0.05) is 0 Å². The number of benzene rings is 1. The zero-order chi connectivity index (χ0) is 14.2. The molecule has 0 fully saturated rings. The molecule has 19 heavy (non-hydrogen) atoms. The number of hydrogen-bond donors (Lipinski definition) is 2. The molecule has 1 heterocycles. The normalized spacial score (nSPS) is 11.6. The second kappa shape index (κ2) is 4.38. The quantitative estimate of drug-likeness (QED) is 0.500. The minimum atomic E-state index is -4.52. The van der Waals surface area contributed by atoms with Gasteiger partial charge in [-0.25, -0.2) is 9.07 Å². The van der Waals surface area contributed by atoms with Crippen molar-refractivity contribution in [3.8, 4) is 5.69 Å². The van der Waals surface area contributed by atoms with Crippen LogP contribution in [0.5, 0.6) is 0 Å². The van der Waals surface area contributed by atoms with Gasteiger partial charge in [0.2, 0.25) is 0 Å². The van der Waals surface area contributed by atoms with Crippen LogP contribution in [0, 0.1) is 11.2 Å². The van der Waals surface area contributed by atoms with E-state index >= 15 is 0 Å². The van der Waals surface area contributed by atoms with E-state index in [0.29, 0.717) is 6.20 Å². The summed E-state index contributed by atoms with van der Waals surface area (Å²) < 4.78 is 51.3. The fourth-order valence-corrected chi connectivity index (χ4v) is 1.52. The Hall–Kier alpha value is -2.38. The number of alkyl halides is 3. The van der Waals surface area contributed by atoms with Crippen molar-refractivity contribution in [3.05, 3.63) is 47.5 Å². The maximum atomic E-state index is 13.1. The van der Waals surface area contributed by atoms with Crippen molar-refractivity contribution in [1.29, 1.82) is 5.41 Å². The monoisotopic (exact) mass is 272 g/mol. The first-order valence-corrected chi connectivity index (χ1v) is 5.05. The Morgan fingerprint density at radius 2 is 2.00 bits per heavy atom. The Morgan fingerprint density at radius 3 is 2.53 bits per heavy atom. The molecule has 0 aliphatic carbocycles. The zero-order valence-electron chi connectivity index (χ0n) is 9.37. The second-order valence-corrected chi connectivity index (χ2v) is 3.75. The van der Waals surface area contributed by atoms with Gasteiger partial charge in [-0.3, -0.25) is 5.41 Å². The molecule has 0 bridgehead atoms. The van der Waals surface area contributed by atoms with Crippen LogP contribution < -0.4 is 5.73 Å². The highest BCUT2D eigenvalue weighted by molar-refractivity contribution is 5.98. The summed E-state index contributed by atoms with van der Waals surface area (Å²) in [5.74, 6) is -1.10. The second-order valence-electron chi connectivity index (χ2n) is 3.75. The van der Waals surface area contributed by atoms with Crippen LogP contribution in [0.25, 0.3) is 5.69 Å². The molecule has 0 aliphatic heterocycles. The van der Waals surface area contributed by atoms with Gasteiger partial charge in [0, 0.05) is 11.8 Å². The first-order valence-electron chi connectivity index (χ1n) is 5.05. The molecule has 0 spiro atoms. The maximum Gasteiger partial charge on any atom is 0.419 e. The summed E-state index contributed by atoms with van der Waals surface area (Å²) in [5, 5.41) is 10.8. The van der Waals surface area contributed by atoms with E-state index in [1.807, 2.05) is 0 Å². The molecule has 0 radical (unpaired) electrons. The predicted molar refractivity (Wildman–Crippen MR) is 59.5 cm³/mol. The summed E-state index contributed by atoms with van der Waals surface area (Å²) >= 11 is 0. The van der Waals surface area contributed by atoms with Gasteiger partial charge < -0.3 is 5.73 Å². The zero-order valence-corrected chi connectivity index (χ0v) is 9.37. The van der Waals surface area contributed by atoms with E-state index in [1.165, 1.54) is 6.07 Å². The van der Waals surface area contributed by atoms with Gasteiger partial charge in [-0.15, -0.1) is 0 Å². The van der Waals surface area contributed by atoms with E-state index in [1.54, 1.807) is 0 Å². The Balaban J connectivity index is 2.53. The summed E-state index contributed by atoms with van der Waals surface area (Å²) in [5.41, 5.74) is 4.40. The first-order chi connectivity index (χ1) is 8.79. The molecule has 1 aromatic carbocycles. The van der Waals surface area contributed by atoms with E-state index in [4.69, 9.17) is 11.1 Å². The van der Waals surface area contributed by atoms with Gasteiger partial charge in [0.25, 0.3) is 0 Å². The van der Waals surface area contributed by atoms with Crippen LogP contribution in [-0.2, 0) is 6.18 Å². The van der Waals surface area contributed by atoms with Crippen molar-refractivity contribution in [2.75, 3.05) is 0 Å². The van der Waals surface area contributed by atoms with Crippen molar-refractivity contribution < 1.29 is 17.6 Å². The molecule has 8 heteroatoms. The molecule has 0 saturated heterocycles. The molecule has 0 unspecified atom stereocenters. The van der Waals surface area contributed by atoms with Gasteiger partial charge in [0.05, 0.1) is 17.4 Å². The van der Waals surface area contributed by atoms with Gasteiger partial charge in [0.1, 0.15) is 11.7 Å². The molecule has 0 atom stereocenters. The number of aromatic nitrogens is 2. The first kappa shape index (κ1) is 13.1. The molecule has 2 aromatic rings. The van der Waals surface area contributed by atoms with Crippen LogP contribution in [-0.4, -0.2) is 15.6 Å². The Kier molecular flexibility index (Phi) is 3.01. The summed E-state index contributed by atoms with van der Waals surface area (Å²) in [4.78, 5) is 0. The van der Waals surface area contributed by atoms with Gasteiger partial charge in [0.15, 0.2) is 0 Å². The van der Waals surface area contributed by atoms with Crippen LogP contribution in [0.15, 0.2) is 30.6 Å². The molecule has 0 aliphatic rings. The highest BCUT2D eigenvalue weighted by Gasteiger charge is 2.32. The average Bonchev–Trinajstić information content (AvgIpc) is 2.77. The van der Waals surface area contributed by atoms with Crippen molar-refractivity contribution >= 4 is 5.84 Å². The molecule has 4 nitrogen and oxygen atoms in total. The van der Waals surface area contributed by atoms with Crippen LogP contribution >= 0.6 is 0 Å². The average molecular weight is 272 g/mol. The highest BCUT2D eigenvalue weighted by atomic mass is 19.4. The number of nitrogens with zero attached hydrogens (tertiary/aromatic N) is 2. The van der Waals surface area contributed by atoms with Gasteiger partial charge in [-0.05, 0) is 18.2 Å². The molecule has 2 rings (SSSR count). The fourth-order valence-electron chi connectivity index (χ4n) is 1.52. The number of hydrogen-bond acceptors (Lipinski definition) is 2. The van der Waals surface area contributed by atoms with E-state index in [9.17, 15) is 17.6 Å². The SMILES string of the molecule is N=C(N)c1cc(F)ccc1-n1cc(C(F)(F)F)cn1. The van der Waals surface area contributed by atoms with Crippen LogP contribution in [0.1, 0.15) is 11.1 Å². The lowest BCUT2D eigenvalue weighted by molar-refractivity contribution is -0.137. The van der Waals surface area contributed by atoms with Crippen molar-refractivity contribution in [2.45, 2.75) is 6.18 Å². The molecule has 1 aromatic heterocycles. The summed E-state index contributed by atoms with van der Waals surface area (Å²) in [6.07, 6.45) is -3.12. The largest absolute Gasteiger partial charge is 0.419 e.